The van der Waals surface area contributed by atoms with Crippen molar-refractivity contribution in [2.75, 3.05) is 0 Å². The number of fused-ring (bicyclic) bond motifs is 9. The van der Waals surface area contributed by atoms with Crippen LogP contribution in [0.3, 0.4) is 0 Å². The Morgan fingerprint density at radius 2 is 0.774 bits per heavy atom. The van der Waals surface area contributed by atoms with Crippen molar-refractivity contribution >= 4 is 69.3 Å². The number of thiophene rings is 3. The molecule has 0 bridgehead atoms. The third kappa shape index (κ3) is 4.10. The zero-order valence-corrected chi connectivity index (χ0v) is 30.7. The summed E-state index contributed by atoms with van der Waals surface area (Å²) < 4.78 is 0. The number of nitrogens with zero attached hydrogens (tertiary/aromatic N) is 4. The molecule has 0 saturated carbocycles. The van der Waals surface area contributed by atoms with Crippen LogP contribution in [0.1, 0.15) is 123 Å². The van der Waals surface area contributed by atoms with Crippen LogP contribution in [-0.2, 0) is 10.8 Å². The maximum Gasteiger partial charge on any atom is 0.197 e. The second-order valence-electron chi connectivity index (χ2n) is 14.3. The lowest BCUT2D eigenvalue weighted by Crippen LogP contribution is -2.23. The fourth-order valence-electron chi connectivity index (χ4n) is 8.10. The van der Waals surface area contributed by atoms with Crippen molar-refractivity contribution in [2.24, 2.45) is 0 Å². The molecule has 4 aliphatic rings. The maximum atomic E-state index is 13.4. The molecule has 250 valence electrons. The quantitative estimate of drug-likeness (QED) is 0.128. The van der Waals surface area contributed by atoms with E-state index in [-0.39, 0.29) is 66.5 Å². The van der Waals surface area contributed by atoms with Crippen molar-refractivity contribution in [1.29, 1.82) is 21.0 Å². The molecular formula is C42H20N4O4S3. The highest BCUT2D eigenvalue weighted by Crippen LogP contribution is 2.66. The van der Waals surface area contributed by atoms with Crippen molar-refractivity contribution in [3.8, 4) is 43.8 Å². The summed E-state index contributed by atoms with van der Waals surface area (Å²) in [7, 11) is 0. The molecule has 53 heavy (non-hydrogen) atoms. The van der Waals surface area contributed by atoms with Gasteiger partial charge in [0, 0.05) is 62.3 Å². The van der Waals surface area contributed by atoms with E-state index in [1.165, 1.54) is 58.1 Å². The summed E-state index contributed by atoms with van der Waals surface area (Å²) in [5.41, 5.74) is 4.74. The van der Waals surface area contributed by atoms with E-state index in [0.29, 0.717) is 0 Å². The third-order valence-corrected chi connectivity index (χ3v) is 14.4. The van der Waals surface area contributed by atoms with E-state index in [1.807, 2.05) is 36.4 Å². The lowest BCUT2D eigenvalue weighted by molar-refractivity contribution is 0.0975. The summed E-state index contributed by atoms with van der Waals surface area (Å²) in [5.74, 6) is -1.85. The Bertz CT molecular complexity index is 2660. The Kier molecular flexibility index (Phi) is 6.52. The lowest BCUT2D eigenvalue weighted by atomic mass is 9.74. The molecule has 2 aromatic carbocycles. The van der Waals surface area contributed by atoms with Crippen LogP contribution in [0.25, 0.3) is 31.7 Å². The van der Waals surface area contributed by atoms with E-state index in [9.17, 15) is 40.2 Å². The fraction of sp³-hybridized carbons (Fsp3) is 0.143. The van der Waals surface area contributed by atoms with Crippen LogP contribution in [0.4, 0.5) is 0 Å². The first-order valence-electron chi connectivity index (χ1n) is 16.3. The second-order valence-corrected chi connectivity index (χ2v) is 17.5. The minimum atomic E-state index is -0.462. The highest BCUT2D eigenvalue weighted by atomic mass is 32.1. The van der Waals surface area contributed by atoms with Gasteiger partial charge < -0.3 is 0 Å². The topological polar surface area (TPSA) is 163 Å². The number of allylic oxidation sites excluding steroid dienone is 2. The van der Waals surface area contributed by atoms with Gasteiger partial charge in [-0.15, -0.1) is 34.0 Å². The van der Waals surface area contributed by atoms with Crippen LogP contribution < -0.4 is 0 Å². The average Bonchev–Trinajstić information content (AvgIpc) is 3.99. The molecule has 5 aromatic rings. The predicted molar refractivity (Wildman–Crippen MR) is 200 cm³/mol. The van der Waals surface area contributed by atoms with Crippen LogP contribution in [0.2, 0.25) is 0 Å². The van der Waals surface area contributed by atoms with Crippen molar-refractivity contribution in [3.05, 3.63) is 124 Å². The SMILES string of the molecule is CC1(C)c2cc(C=C3C(=O)c4cc(C#N)c(C#N)cc4C3=O)sc2-c2sc3c(c21)C(C)(C)c1cc(C=C2C(=O)c4cc(C#N)c(C#N)cc4C2=O)sc1-3. The van der Waals surface area contributed by atoms with E-state index in [2.05, 4.69) is 27.7 Å². The van der Waals surface area contributed by atoms with Crippen LogP contribution in [0.5, 0.6) is 0 Å². The van der Waals surface area contributed by atoms with Crippen molar-refractivity contribution in [1.82, 2.24) is 0 Å². The molecule has 3 aromatic heterocycles. The van der Waals surface area contributed by atoms with E-state index in [4.69, 9.17) is 0 Å². The second kappa shape index (κ2) is 10.6. The molecule has 0 fully saturated rings. The Morgan fingerprint density at radius 3 is 1.06 bits per heavy atom. The Hall–Kier alpha value is -6.34. The maximum absolute atomic E-state index is 13.4. The largest absolute Gasteiger partial charge is 0.288 e. The van der Waals surface area contributed by atoms with Gasteiger partial charge in [0.1, 0.15) is 24.3 Å². The molecule has 0 radical (unpaired) electrons. The van der Waals surface area contributed by atoms with Gasteiger partial charge in [0.15, 0.2) is 23.1 Å². The number of hydrogen-bond acceptors (Lipinski definition) is 11. The molecule has 8 nitrogen and oxygen atoms in total. The number of rotatable bonds is 2. The minimum absolute atomic E-state index is 0.00921. The molecule has 0 aliphatic heterocycles. The Labute approximate surface area is 314 Å². The van der Waals surface area contributed by atoms with Crippen LogP contribution in [0, 0.1) is 45.3 Å². The lowest BCUT2D eigenvalue weighted by Gasteiger charge is -2.28. The molecular weight excluding hydrogens is 721 g/mol. The van der Waals surface area contributed by atoms with E-state index in [1.54, 1.807) is 23.5 Å². The van der Waals surface area contributed by atoms with E-state index in [0.717, 1.165) is 40.4 Å². The molecule has 0 amide bonds. The molecule has 0 atom stereocenters. The zero-order chi connectivity index (χ0) is 37.5. The predicted octanol–water partition coefficient (Wildman–Crippen LogP) is 8.90. The van der Waals surface area contributed by atoms with Gasteiger partial charge >= 0.3 is 0 Å². The van der Waals surface area contributed by atoms with Gasteiger partial charge in [-0.05, 0) is 70.8 Å². The number of carbonyl (C=O) groups is 4. The Balaban J connectivity index is 1.09. The first-order chi connectivity index (χ1) is 25.2. The van der Waals surface area contributed by atoms with Crippen LogP contribution >= 0.6 is 34.0 Å². The molecule has 0 spiro atoms. The van der Waals surface area contributed by atoms with Gasteiger partial charge in [-0.25, -0.2) is 0 Å². The number of ketones is 4. The van der Waals surface area contributed by atoms with E-state index < -0.39 is 23.1 Å². The van der Waals surface area contributed by atoms with Crippen molar-refractivity contribution in [3.63, 3.8) is 0 Å². The van der Waals surface area contributed by atoms with Gasteiger partial charge in [-0.3, -0.25) is 19.2 Å². The monoisotopic (exact) mass is 740 g/mol. The highest BCUT2D eigenvalue weighted by molar-refractivity contribution is 7.27. The molecule has 0 unspecified atom stereocenters. The molecule has 9 rings (SSSR count). The van der Waals surface area contributed by atoms with Gasteiger partial charge in [-0.2, -0.15) is 21.0 Å². The van der Waals surface area contributed by atoms with Crippen molar-refractivity contribution < 1.29 is 19.2 Å². The van der Waals surface area contributed by atoms with E-state index >= 15 is 0 Å². The average molecular weight is 741 g/mol. The van der Waals surface area contributed by atoms with Gasteiger partial charge in [0.25, 0.3) is 0 Å². The fourth-order valence-corrected chi connectivity index (χ4v) is 12.5. The van der Waals surface area contributed by atoms with Crippen molar-refractivity contribution in [2.45, 2.75) is 38.5 Å². The standard InChI is InChI=1S/C42H20N4O4S3/c1-41(2)29-11-21(9-27-33(47)23-5-17(13-43)18(14-44)6-24(23)34(27)48)51-37(29)39-31(41)32-40(53-39)38-30(42(32,3)4)12-22(52-38)10-28-35(49)25-7-19(15-45)20(16-46)8-26(25)36(28)50/h5-12H,1-4H3. The van der Waals surface area contributed by atoms with Crippen LogP contribution in [0.15, 0.2) is 47.5 Å². The van der Waals surface area contributed by atoms with Gasteiger partial charge in [0.05, 0.1) is 33.4 Å². The number of Topliss-reactive ketones (excluding diaryl/α,β-unsaturated/α-hetero) is 4. The summed E-state index contributed by atoms with van der Waals surface area (Å²) in [6.45, 7) is 8.74. The minimum Gasteiger partial charge on any atom is -0.288 e. The number of nitriles is 4. The summed E-state index contributed by atoms with van der Waals surface area (Å²) in [6, 6.07) is 17.1. The van der Waals surface area contributed by atoms with Gasteiger partial charge in [-0.1, -0.05) is 27.7 Å². The molecule has 0 N–H and O–H groups in total. The summed E-state index contributed by atoms with van der Waals surface area (Å²) >= 11 is 4.74. The summed E-state index contributed by atoms with van der Waals surface area (Å²) in [5, 5.41) is 37.8. The smallest absolute Gasteiger partial charge is 0.197 e. The zero-order valence-electron chi connectivity index (χ0n) is 28.3. The first kappa shape index (κ1) is 32.6. The van der Waals surface area contributed by atoms with Gasteiger partial charge in [0.2, 0.25) is 0 Å². The number of hydrogen-bond donors (Lipinski definition) is 0. The molecule has 4 aliphatic carbocycles. The third-order valence-electron chi connectivity index (χ3n) is 10.7. The number of carbonyl (C=O) groups excluding carboxylic acids is 4. The molecule has 3 heterocycles. The van der Waals surface area contributed by atoms with Crippen LogP contribution in [-0.4, -0.2) is 23.1 Å². The highest BCUT2D eigenvalue weighted by Gasteiger charge is 2.50. The normalized spacial score (nSPS) is 16.2. The molecule has 11 heteroatoms. The first-order valence-corrected chi connectivity index (χ1v) is 18.8. The summed E-state index contributed by atoms with van der Waals surface area (Å²) in [6.07, 6.45) is 3.24. The number of benzene rings is 2. The summed E-state index contributed by atoms with van der Waals surface area (Å²) in [4.78, 5) is 59.5. The Morgan fingerprint density at radius 1 is 0.472 bits per heavy atom. The molecule has 0 saturated heterocycles.